The molecule has 0 fully saturated rings. The number of hydrogen-bond acceptors (Lipinski definition) is 5. The summed E-state index contributed by atoms with van der Waals surface area (Å²) >= 11 is 0. The van der Waals surface area contributed by atoms with Crippen molar-refractivity contribution < 1.29 is 8.83 Å². The van der Waals surface area contributed by atoms with E-state index in [1.54, 1.807) is 0 Å². The van der Waals surface area contributed by atoms with Crippen molar-refractivity contribution >= 4 is 34.1 Å². The van der Waals surface area contributed by atoms with Crippen molar-refractivity contribution in [1.29, 1.82) is 0 Å². The molecule has 0 spiro atoms. The zero-order valence-electron chi connectivity index (χ0n) is 29.0. The van der Waals surface area contributed by atoms with Crippen LogP contribution >= 0.6 is 0 Å². The number of rotatable bonds is 5. The number of furan rings is 2. The molecule has 0 saturated carbocycles. The van der Waals surface area contributed by atoms with Crippen LogP contribution in [0.5, 0.6) is 0 Å². The molecule has 0 aliphatic heterocycles. The number of fused-ring (bicyclic) bond motifs is 6. The molecule has 3 heterocycles. The molecule has 3 atom stereocenters. The molecular formula is C47H35N3O2. The van der Waals surface area contributed by atoms with E-state index in [2.05, 4.69) is 129 Å². The van der Waals surface area contributed by atoms with Gasteiger partial charge >= 0.3 is 0 Å². The van der Waals surface area contributed by atoms with Crippen molar-refractivity contribution in [2.24, 2.45) is 0 Å². The average molecular weight is 674 g/mol. The molecule has 0 saturated heterocycles. The van der Waals surface area contributed by atoms with E-state index in [4.69, 9.17) is 23.8 Å². The van der Waals surface area contributed by atoms with Gasteiger partial charge in [-0.05, 0) is 60.2 Å². The third kappa shape index (κ3) is 4.80. The van der Waals surface area contributed by atoms with E-state index in [9.17, 15) is 0 Å². The number of hydrogen-bond donors (Lipinski definition) is 0. The van der Waals surface area contributed by atoms with Gasteiger partial charge in [0, 0.05) is 38.9 Å². The van der Waals surface area contributed by atoms with E-state index in [-0.39, 0.29) is 11.8 Å². The van der Waals surface area contributed by atoms with Gasteiger partial charge in [-0.15, -0.1) is 0 Å². The van der Waals surface area contributed by atoms with Gasteiger partial charge in [0.15, 0.2) is 11.6 Å². The summed E-state index contributed by atoms with van der Waals surface area (Å²) in [6, 6.07) is 43.9. The van der Waals surface area contributed by atoms with Gasteiger partial charge in [-0.3, -0.25) is 0 Å². The fourth-order valence-electron chi connectivity index (χ4n) is 8.35. The molecule has 3 unspecified atom stereocenters. The smallest absolute Gasteiger partial charge is 0.163 e. The van der Waals surface area contributed by atoms with Crippen molar-refractivity contribution in [3.63, 3.8) is 0 Å². The van der Waals surface area contributed by atoms with Gasteiger partial charge in [-0.1, -0.05) is 134 Å². The standard InChI is InChI=1S/C47H35N3O2/c1-29-34(35-18-11-20-38-42(35)36-17-9-10-19-37(36)51-38)26-27-39-41(29)43-40(52-39)21-12-28-47(43,2)46-49-44(32-15-7-4-8-16-32)48-45(50-46)33-24-22-31(23-25-33)30-13-5-3-6-14-30/h3-27,29,34H,28H2,1-2H3. The molecule has 5 heteroatoms. The van der Waals surface area contributed by atoms with E-state index in [0.717, 1.165) is 62.6 Å². The van der Waals surface area contributed by atoms with Crippen LogP contribution in [0.1, 0.15) is 66.1 Å². The van der Waals surface area contributed by atoms with Gasteiger partial charge in [0.2, 0.25) is 0 Å². The van der Waals surface area contributed by atoms with Crippen LogP contribution in [-0.2, 0) is 5.41 Å². The Kier molecular flexibility index (Phi) is 6.97. The second-order valence-electron chi connectivity index (χ2n) is 14.2. The molecule has 0 bridgehead atoms. The average Bonchev–Trinajstić information content (AvgIpc) is 3.79. The zero-order chi connectivity index (χ0) is 34.8. The molecule has 2 aliphatic carbocycles. The number of para-hydroxylation sites is 1. The summed E-state index contributed by atoms with van der Waals surface area (Å²) in [6.07, 6.45) is 9.52. The lowest BCUT2D eigenvalue weighted by Crippen LogP contribution is -2.31. The van der Waals surface area contributed by atoms with E-state index in [1.165, 1.54) is 22.1 Å². The van der Waals surface area contributed by atoms with Crippen LogP contribution < -0.4 is 0 Å². The van der Waals surface area contributed by atoms with E-state index >= 15 is 0 Å². The number of allylic oxidation sites excluding steroid dienone is 2. The normalized spacial score (nSPS) is 19.2. The highest BCUT2D eigenvalue weighted by atomic mass is 16.3. The van der Waals surface area contributed by atoms with Crippen molar-refractivity contribution in [1.82, 2.24) is 15.0 Å². The minimum absolute atomic E-state index is 0.117. The highest BCUT2D eigenvalue weighted by Crippen LogP contribution is 2.52. The Labute approximate surface area is 302 Å². The molecule has 3 aromatic heterocycles. The van der Waals surface area contributed by atoms with Gasteiger partial charge in [0.1, 0.15) is 28.5 Å². The van der Waals surface area contributed by atoms with Crippen molar-refractivity contribution in [3.8, 4) is 33.9 Å². The van der Waals surface area contributed by atoms with E-state index in [1.807, 2.05) is 36.4 Å². The quantitative estimate of drug-likeness (QED) is 0.182. The van der Waals surface area contributed by atoms with Crippen LogP contribution in [0.15, 0.2) is 148 Å². The van der Waals surface area contributed by atoms with Crippen LogP contribution in [0.3, 0.4) is 0 Å². The topological polar surface area (TPSA) is 65.0 Å². The Bertz CT molecular complexity index is 2690. The Morgan fingerprint density at radius 1 is 0.596 bits per heavy atom. The summed E-state index contributed by atoms with van der Waals surface area (Å²) in [5, 5.41) is 2.32. The Balaban J connectivity index is 1.11. The molecule has 2 aliphatic rings. The first-order valence-corrected chi connectivity index (χ1v) is 17.9. The lowest BCUT2D eigenvalue weighted by atomic mass is 9.68. The third-order valence-corrected chi connectivity index (χ3v) is 11.0. The molecular weight excluding hydrogens is 639 g/mol. The lowest BCUT2D eigenvalue weighted by molar-refractivity contribution is 0.494. The van der Waals surface area contributed by atoms with Crippen LogP contribution in [-0.4, -0.2) is 15.0 Å². The summed E-state index contributed by atoms with van der Waals surface area (Å²) in [6.45, 7) is 4.59. The highest BCUT2D eigenvalue weighted by Gasteiger charge is 2.44. The second kappa shape index (κ2) is 11.9. The number of nitrogens with zero attached hydrogens (tertiary/aromatic N) is 3. The van der Waals surface area contributed by atoms with Crippen molar-refractivity contribution in [2.45, 2.75) is 37.5 Å². The second-order valence-corrected chi connectivity index (χ2v) is 14.2. The van der Waals surface area contributed by atoms with Crippen molar-refractivity contribution in [3.05, 3.63) is 174 Å². The van der Waals surface area contributed by atoms with Crippen LogP contribution in [0.2, 0.25) is 0 Å². The largest absolute Gasteiger partial charge is 0.457 e. The summed E-state index contributed by atoms with van der Waals surface area (Å²) in [5.74, 6) is 4.07. The monoisotopic (exact) mass is 673 g/mol. The minimum atomic E-state index is -0.565. The Morgan fingerprint density at radius 2 is 1.23 bits per heavy atom. The maximum absolute atomic E-state index is 6.66. The Hall–Kier alpha value is -6.33. The highest BCUT2D eigenvalue weighted by molar-refractivity contribution is 6.07. The van der Waals surface area contributed by atoms with Crippen LogP contribution in [0.25, 0.3) is 68.0 Å². The lowest BCUT2D eigenvalue weighted by Gasteiger charge is -2.34. The fraction of sp³-hybridized carbons (Fsp3) is 0.128. The van der Waals surface area contributed by atoms with Gasteiger partial charge in [0.05, 0.1) is 5.41 Å². The predicted molar refractivity (Wildman–Crippen MR) is 209 cm³/mol. The fourth-order valence-corrected chi connectivity index (χ4v) is 8.35. The summed E-state index contributed by atoms with van der Waals surface area (Å²) < 4.78 is 13.0. The predicted octanol–water partition coefficient (Wildman–Crippen LogP) is 12.0. The van der Waals surface area contributed by atoms with E-state index < -0.39 is 5.41 Å². The molecule has 0 N–H and O–H groups in total. The molecule has 5 aromatic carbocycles. The maximum Gasteiger partial charge on any atom is 0.163 e. The first-order valence-electron chi connectivity index (χ1n) is 17.9. The van der Waals surface area contributed by atoms with Crippen molar-refractivity contribution in [2.75, 3.05) is 0 Å². The first-order chi connectivity index (χ1) is 25.5. The first kappa shape index (κ1) is 30.5. The Morgan fingerprint density at radius 3 is 2.00 bits per heavy atom. The summed E-state index contributed by atoms with van der Waals surface area (Å²) in [7, 11) is 0. The molecule has 52 heavy (non-hydrogen) atoms. The van der Waals surface area contributed by atoms with Gasteiger partial charge in [-0.25, -0.2) is 15.0 Å². The van der Waals surface area contributed by atoms with E-state index in [0.29, 0.717) is 11.6 Å². The number of aromatic nitrogens is 3. The van der Waals surface area contributed by atoms with Gasteiger partial charge in [-0.2, -0.15) is 0 Å². The zero-order valence-corrected chi connectivity index (χ0v) is 29.0. The van der Waals surface area contributed by atoms with Crippen LogP contribution in [0.4, 0.5) is 0 Å². The SMILES string of the molecule is CC1c2c(oc3c2C(C)(c2nc(-c4ccccc4)nc(-c4ccc(-c5ccccc5)cc4)n2)CC=C3)C=CC1c1cccc2oc3ccccc3c12. The molecule has 8 aromatic rings. The third-order valence-electron chi connectivity index (χ3n) is 11.0. The molecule has 0 amide bonds. The maximum atomic E-state index is 6.66. The minimum Gasteiger partial charge on any atom is -0.457 e. The molecule has 250 valence electrons. The molecule has 10 rings (SSSR count). The molecule has 5 nitrogen and oxygen atoms in total. The summed E-state index contributed by atoms with van der Waals surface area (Å²) in [4.78, 5) is 15.6. The van der Waals surface area contributed by atoms with Gasteiger partial charge in [0.25, 0.3) is 0 Å². The molecule has 0 radical (unpaired) electrons. The van der Waals surface area contributed by atoms with Gasteiger partial charge < -0.3 is 8.83 Å². The van der Waals surface area contributed by atoms with Crippen LogP contribution in [0, 0.1) is 0 Å². The number of benzene rings is 5. The summed E-state index contributed by atoms with van der Waals surface area (Å²) in [5.41, 5.74) is 9.11.